The Bertz CT molecular complexity index is 743. The fourth-order valence-corrected chi connectivity index (χ4v) is 2.18. The lowest BCUT2D eigenvalue weighted by Crippen LogP contribution is -2.23. The number of nitrogens with zero attached hydrogens (tertiary/aromatic N) is 1. The Morgan fingerprint density at radius 2 is 1.76 bits per heavy atom. The first kappa shape index (κ1) is 15.1. The lowest BCUT2D eigenvalue weighted by molar-refractivity contribution is 0.495. The molecule has 1 atom stereocenters. The van der Waals surface area contributed by atoms with Gasteiger partial charge < -0.3 is 10.3 Å². The molecule has 0 aliphatic heterocycles. The average Bonchev–Trinajstić information content (AvgIpc) is 2.34. The quantitative estimate of drug-likeness (QED) is 0.856. The lowest BCUT2D eigenvalue weighted by Gasteiger charge is -2.17. The highest BCUT2D eigenvalue weighted by molar-refractivity contribution is 5.47. The standard InChI is InChI=1S/C14H14F3N3O/c1-6-13(14(21)20-8(3)18-6)7(2)19-12-5-10(16)9(15)4-11(12)17/h4-5,7,19H,1-3H3,(H,18,20,21). The molecule has 0 fully saturated rings. The summed E-state index contributed by atoms with van der Waals surface area (Å²) in [6, 6.07) is 0.544. The van der Waals surface area contributed by atoms with Crippen molar-refractivity contribution in [3.05, 3.63) is 57.0 Å². The van der Waals surface area contributed by atoms with Gasteiger partial charge in [-0.3, -0.25) is 4.79 Å². The average molecular weight is 297 g/mol. The molecule has 0 saturated heterocycles. The van der Waals surface area contributed by atoms with Gasteiger partial charge in [0.1, 0.15) is 11.6 Å². The van der Waals surface area contributed by atoms with Crippen molar-refractivity contribution in [3.8, 4) is 0 Å². The number of H-pyrrole nitrogens is 1. The molecule has 0 spiro atoms. The number of aromatic amines is 1. The van der Waals surface area contributed by atoms with Gasteiger partial charge in [-0.2, -0.15) is 0 Å². The summed E-state index contributed by atoms with van der Waals surface area (Å²) in [4.78, 5) is 18.6. The molecule has 7 heteroatoms. The predicted molar refractivity (Wildman–Crippen MR) is 72.7 cm³/mol. The second kappa shape index (κ2) is 5.59. The Labute approximate surface area is 119 Å². The van der Waals surface area contributed by atoms with Crippen LogP contribution in [0.3, 0.4) is 0 Å². The van der Waals surface area contributed by atoms with E-state index < -0.39 is 23.5 Å². The van der Waals surface area contributed by atoms with E-state index >= 15 is 0 Å². The second-order valence-electron chi connectivity index (χ2n) is 4.76. The van der Waals surface area contributed by atoms with Gasteiger partial charge in [0.05, 0.1) is 23.0 Å². The van der Waals surface area contributed by atoms with Crippen molar-refractivity contribution in [2.24, 2.45) is 0 Å². The fourth-order valence-electron chi connectivity index (χ4n) is 2.18. The SMILES string of the molecule is Cc1nc(C)c(C(C)Nc2cc(F)c(F)cc2F)c(=O)[nH]1. The highest BCUT2D eigenvalue weighted by Crippen LogP contribution is 2.23. The highest BCUT2D eigenvalue weighted by atomic mass is 19.2. The van der Waals surface area contributed by atoms with Gasteiger partial charge in [0.2, 0.25) is 0 Å². The van der Waals surface area contributed by atoms with E-state index in [1.807, 2.05) is 0 Å². The molecular weight excluding hydrogens is 283 g/mol. The van der Waals surface area contributed by atoms with E-state index in [-0.39, 0.29) is 11.2 Å². The molecule has 21 heavy (non-hydrogen) atoms. The third-order valence-electron chi connectivity index (χ3n) is 3.08. The Hall–Kier alpha value is -2.31. The van der Waals surface area contributed by atoms with E-state index in [0.29, 0.717) is 29.2 Å². The van der Waals surface area contributed by atoms with Gasteiger partial charge in [-0.25, -0.2) is 18.2 Å². The minimum absolute atomic E-state index is 0.222. The first-order valence-electron chi connectivity index (χ1n) is 6.28. The Morgan fingerprint density at radius 3 is 2.38 bits per heavy atom. The highest BCUT2D eigenvalue weighted by Gasteiger charge is 2.17. The van der Waals surface area contributed by atoms with Crippen LogP contribution in [0.25, 0.3) is 0 Å². The number of nitrogens with one attached hydrogen (secondary N) is 2. The number of hydrogen-bond donors (Lipinski definition) is 2. The molecule has 2 N–H and O–H groups in total. The Morgan fingerprint density at radius 1 is 1.14 bits per heavy atom. The van der Waals surface area contributed by atoms with Crippen LogP contribution >= 0.6 is 0 Å². The zero-order chi connectivity index (χ0) is 15.7. The largest absolute Gasteiger partial charge is 0.376 e. The third-order valence-corrected chi connectivity index (χ3v) is 3.08. The van der Waals surface area contributed by atoms with Crippen molar-refractivity contribution in [1.29, 1.82) is 0 Å². The molecule has 1 unspecified atom stereocenters. The van der Waals surface area contributed by atoms with Gasteiger partial charge in [0, 0.05) is 12.1 Å². The molecule has 0 bridgehead atoms. The van der Waals surface area contributed by atoms with E-state index in [0.717, 1.165) is 0 Å². The van der Waals surface area contributed by atoms with Crippen molar-refractivity contribution in [2.45, 2.75) is 26.8 Å². The maximum Gasteiger partial charge on any atom is 0.256 e. The van der Waals surface area contributed by atoms with Crippen molar-refractivity contribution < 1.29 is 13.2 Å². The molecule has 0 aliphatic rings. The molecule has 2 rings (SSSR count). The van der Waals surface area contributed by atoms with Gasteiger partial charge in [-0.1, -0.05) is 0 Å². The first-order chi connectivity index (χ1) is 9.79. The van der Waals surface area contributed by atoms with E-state index in [4.69, 9.17) is 0 Å². The molecule has 2 aromatic rings. The molecule has 0 radical (unpaired) electrons. The molecule has 4 nitrogen and oxygen atoms in total. The van der Waals surface area contributed by atoms with Crippen LogP contribution in [-0.2, 0) is 0 Å². The summed E-state index contributed by atoms with van der Waals surface area (Å²) < 4.78 is 39.6. The summed E-state index contributed by atoms with van der Waals surface area (Å²) in [5.74, 6) is -2.90. The molecule has 1 aromatic heterocycles. The molecule has 1 aromatic carbocycles. The van der Waals surface area contributed by atoms with Crippen LogP contribution < -0.4 is 10.9 Å². The van der Waals surface area contributed by atoms with Gasteiger partial charge in [0.15, 0.2) is 11.6 Å². The number of halogens is 3. The van der Waals surface area contributed by atoms with E-state index in [1.54, 1.807) is 20.8 Å². The number of aromatic nitrogens is 2. The monoisotopic (exact) mass is 297 g/mol. The predicted octanol–water partition coefficient (Wildman–Crippen LogP) is 2.98. The molecule has 0 amide bonds. The zero-order valence-electron chi connectivity index (χ0n) is 11.7. The van der Waals surface area contributed by atoms with Crippen molar-refractivity contribution >= 4 is 5.69 Å². The van der Waals surface area contributed by atoms with Crippen LogP contribution in [0.5, 0.6) is 0 Å². The minimum atomic E-state index is -1.27. The van der Waals surface area contributed by atoms with Crippen molar-refractivity contribution in [3.63, 3.8) is 0 Å². The van der Waals surface area contributed by atoms with E-state index in [2.05, 4.69) is 15.3 Å². The number of hydrogen-bond acceptors (Lipinski definition) is 3. The van der Waals surface area contributed by atoms with E-state index in [1.165, 1.54) is 0 Å². The first-order valence-corrected chi connectivity index (χ1v) is 6.28. The smallest absolute Gasteiger partial charge is 0.256 e. The molecular formula is C14H14F3N3O. The van der Waals surface area contributed by atoms with Crippen LogP contribution in [0.2, 0.25) is 0 Å². The topological polar surface area (TPSA) is 57.8 Å². The maximum atomic E-state index is 13.6. The number of aryl methyl sites for hydroxylation is 2. The second-order valence-corrected chi connectivity index (χ2v) is 4.76. The fraction of sp³-hybridized carbons (Fsp3) is 0.286. The van der Waals surface area contributed by atoms with Crippen LogP contribution in [0.15, 0.2) is 16.9 Å². The van der Waals surface area contributed by atoms with Gasteiger partial charge in [-0.15, -0.1) is 0 Å². The van der Waals surface area contributed by atoms with Crippen LogP contribution in [-0.4, -0.2) is 9.97 Å². The summed E-state index contributed by atoms with van der Waals surface area (Å²) in [7, 11) is 0. The zero-order valence-corrected chi connectivity index (χ0v) is 11.7. The molecule has 0 aliphatic carbocycles. The number of benzene rings is 1. The summed E-state index contributed by atoms with van der Waals surface area (Å²) in [6.45, 7) is 4.90. The van der Waals surface area contributed by atoms with E-state index in [9.17, 15) is 18.0 Å². The minimum Gasteiger partial charge on any atom is -0.376 e. The number of anilines is 1. The molecule has 1 heterocycles. The van der Waals surface area contributed by atoms with Gasteiger partial charge in [-0.05, 0) is 20.8 Å². The van der Waals surface area contributed by atoms with Crippen molar-refractivity contribution in [1.82, 2.24) is 9.97 Å². The third kappa shape index (κ3) is 3.07. The lowest BCUT2D eigenvalue weighted by atomic mass is 10.1. The Balaban J connectivity index is 2.37. The summed E-state index contributed by atoms with van der Waals surface area (Å²) in [6.07, 6.45) is 0. The van der Waals surface area contributed by atoms with Crippen molar-refractivity contribution in [2.75, 3.05) is 5.32 Å². The summed E-state index contributed by atoms with van der Waals surface area (Å²) in [5.41, 5.74) is 0.216. The summed E-state index contributed by atoms with van der Waals surface area (Å²) >= 11 is 0. The molecule has 0 saturated carbocycles. The normalized spacial score (nSPS) is 12.3. The Kier molecular flexibility index (Phi) is 4.02. The maximum absolute atomic E-state index is 13.6. The van der Waals surface area contributed by atoms with Gasteiger partial charge >= 0.3 is 0 Å². The molecule has 112 valence electrons. The van der Waals surface area contributed by atoms with Gasteiger partial charge in [0.25, 0.3) is 5.56 Å². The van der Waals surface area contributed by atoms with Crippen LogP contribution in [0, 0.1) is 31.3 Å². The summed E-state index contributed by atoms with van der Waals surface area (Å²) in [5, 5.41) is 2.65. The number of rotatable bonds is 3. The van der Waals surface area contributed by atoms with Crippen LogP contribution in [0.1, 0.15) is 30.0 Å². The van der Waals surface area contributed by atoms with Crippen LogP contribution in [0.4, 0.5) is 18.9 Å².